The molecule has 5 heteroatoms. The fraction of sp³-hybridized carbons (Fsp3) is 0.333. The third kappa shape index (κ3) is 3.93. The number of methoxy groups -OCH3 is 1. The van der Waals surface area contributed by atoms with E-state index in [4.69, 9.17) is 9.47 Å². The van der Waals surface area contributed by atoms with E-state index in [-0.39, 0.29) is 0 Å². The summed E-state index contributed by atoms with van der Waals surface area (Å²) in [5, 5.41) is 3.31. The van der Waals surface area contributed by atoms with Crippen LogP contribution in [0.5, 0.6) is 17.5 Å². The zero-order valence-corrected chi connectivity index (χ0v) is 12.0. The number of hydrogen-bond donors (Lipinski definition) is 1. The molecular weight excluding hydrogens is 254 g/mol. The molecule has 1 aromatic heterocycles. The Balaban J connectivity index is 2.03. The summed E-state index contributed by atoms with van der Waals surface area (Å²) in [6.07, 6.45) is 3.51. The van der Waals surface area contributed by atoms with E-state index in [0.717, 1.165) is 12.1 Å². The first-order valence-electron chi connectivity index (χ1n) is 6.54. The Bertz CT molecular complexity index is 541. The lowest BCUT2D eigenvalue weighted by molar-refractivity contribution is 0.367. The molecule has 0 saturated carbocycles. The van der Waals surface area contributed by atoms with Crippen LogP contribution in [0.1, 0.15) is 19.4 Å². The highest BCUT2D eigenvalue weighted by molar-refractivity contribution is 5.40. The van der Waals surface area contributed by atoms with E-state index in [1.807, 2.05) is 24.3 Å². The van der Waals surface area contributed by atoms with E-state index in [9.17, 15) is 0 Å². The van der Waals surface area contributed by atoms with Gasteiger partial charge < -0.3 is 14.8 Å². The second kappa shape index (κ2) is 6.86. The smallest absolute Gasteiger partial charge is 0.322 e. The zero-order chi connectivity index (χ0) is 14.4. The normalized spacial score (nSPS) is 10.6. The average molecular weight is 273 g/mol. The minimum atomic E-state index is 0.308. The van der Waals surface area contributed by atoms with Crippen molar-refractivity contribution in [1.82, 2.24) is 15.3 Å². The Morgan fingerprint density at radius 3 is 2.35 bits per heavy atom. The molecule has 0 unspecified atom stereocenters. The highest BCUT2D eigenvalue weighted by Crippen LogP contribution is 2.28. The topological polar surface area (TPSA) is 56.3 Å². The Kier molecular flexibility index (Phi) is 4.90. The van der Waals surface area contributed by atoms with E-state index in [0.29, 0.717) is 23.6 Å². The van der Waals surface area contributed by atoms with Crippen molar-refractivity contribution in [2.75, 3.05) is 7.11 Å². The molecule has 0 aliphatic rings. The van der Waals surface area contributed by atoms with Gasteiger partial charge in [0.1, 0.15) is 0 Å². The molecule has 20 heavy (non-hydrogen) atoms. The molecule has 2 rings (SSSR count). The lowest BCUT2D eigenvalue weighted by Gasteiger charge is -2.09. The molecule has 0 radical (unpaired) electrons. The van der Waals surface area contributed by atoms with E-state index in [2.05, 4.69) is 29.1 Å². The van der Waals surface area contributed by atoms with Crippen molar-refractivity contribution in [3.05, 3.63) is 42.2 Å². The summed E-state index contributed by atoms with van der Waals surface area (Å²) in [6.45, 7) is 4.94. The van der Waals surface area contributed by atoms with Crippen LogP contribution in [0.15, 0.2) is 36.7 Å². The zero-order valence-electron chi connectivity index (χ0n) is 12.0. The van der Waals surface area contributed by atoms with E-state index in [1.165, 1.54) is 0 Å². The lowest BCUT2D eigenvalue weighted by atomic mass is 10.3. The Morgan fingerprint density at radius 1 is 1.10 bits per heavy atom. The van der Waals surface area contributed by atoms with Crippen LogP contribution >= 0.6 is 0 Å². The van der Waals surface area contributed by atoms with Crippen molar-refractivity contribution < 1.29 is 9.47 Å². The van der Waals surface area contributed by atoms with Gasteiger partial charge in [0, 0.05) is 30.5 Å². The van der Waals surface area contributed by atoms with Gasteiger partial charge in [0.25, 0.3) is 0 Å². The summed E-state index contributed by atoms with van der Waals surface area (Å²) in [4.78, 5) is 8.40. The van der Waals surface area contributed by atoms with Crippen molar-refractivity contribution in [3.8, 4) is 17.5 Å². The molecule has 1 heterocycles. The first-order valence-corrected chi connectivity index (χ1v) is 6.54. The van der Waals surface area contributed by atoms with Gasteiger partial charge in [-0.1, -0.05) is 26.0 Å². The molecule has 5 nitrogen and oxygen atoms in total. The maximum Gasteiger partial charge on any atom is 0.322 e. The molecule has 1 aromatic carbocycles. The van der Waals surface area contributed by atoms with Gasteiger partial charge in [-0.2, -0.15) is 0 Å². The molecule has 0 bridgehead atoms. The quantitative estimate of drug-likeness (QED) is 0.877. The Hall–Kier alpha value is -2.14. The number of para-hydroxylation sites is 2. The molecule has 0 aliphatic heterocycles. The van der Waals surface area contributed by atoms with Gasteiger partial charge in [-0.3, -0.25) is 0 Å². The minimum absolute atomic E-state index is 0.308. The summed E-state index contributed by atoms with van der Waals surface area (Å²) in [7, 11) is 1.60. The standard InChI is InChI=1S/C15H19N3O2/c1-11(2)16-8-12-9-17-15(18-10-12)20-14-7-5-4-6-13(14)19-3/h4-7,9-11,16H,8H2,1-3H3. The molecule has 0 spiro atoms. The number of hydrogen-bond acceptors (Lipinski definition) is 5. The van der Waals surface area contributed by atoms with Crippen LogP contribution < -0.4 is 14.8 Å². The minimum Gasteiger partial charge on any atom is -0.493 e. The third-order valence-electron chi connectivity index (χ3n) is 2.67. The summed E-state index contributed by atoms with van der Waals surface area (Å²) >= 11 is 0. The number of ether oxygens (including phenoxy) is 2. The van der Waals surface area contributed by atoms with Gasteiger partial charge in [-0.25, -0.2) is 9.97 Å². The predicted molar refractivity (Wildman–Crippen MR) is 77.1 cm³/mol. The van der Waals surface area contributed by atoms with Crippen LogP contribution in [0.25, 0.3) is 0 Å². The van der Waals surface area contributed by atoms with Gasteiger partial charge in [-0.05, 0) is 12.1 Å². The predicted octanol–water partition coefficient (Wildman–Crippen LogP) is 2.78. The SMILES string of the molecule is COc1ccccc1Oc1ncc(CNC(C)C)cn1. The van der Waals surface area contributed by atoms with Crippen LogP contribution in [0, 0.1) is 0 Å². The van der Waals surface area contributed by atoms with Crippen LogP contribution in [-0.2, 0) is 6.54 Å². The van der Waals surface area contributed by atoms with Crippen molar-refractivity contribution in [1.29, 1.82) is 0 Å². The highest BCUT2D eigenvalue weighted by atomic mass is 16.5. The van der Waals surface area contributed by atoms with Gasteiger partial charge >= 0.3 is 6.01 Å². The molecule has 0 aliphatic carbocycles. The Morgan fingerprint density at radius 2 is 1.75 bits per heavy atom. The lowest BCUT2D eigenvalue weighted by Crippen LogP contribution is -2.21. The van der Waals surface area contributed by atoms with Crippen LogP contribution in [-0.4, -0.2) is 23.1 Å². The largest absolute Gasteiger partial charge is 0.493 e. The number of nitrogens with one attached hydrogen (secondary N) is 1. The van der Waals surface area contributed by atoms with Crippen molar-refractivity contribution in [3.63, 3.8) is 0 Å². The molecule has 0 fully saturated rings. The van der Waals surface area contributed by atoms with Crippen molar-refractivity contribution in [2.24, 2.45) is 0 Å². The maximum atomic E-state index is 5.61. The first-order chi connectivity index (χ1) is 9.69. The van der Waals surface area contributed by atoms with E-state index in [1.54, 1.807) is 19.5 Å². The van der Waals surface area contributed by atoms with Gasteiger partial charge in [0.05, 0.1) is 7.11 Å². The third-order valence-corrected chi connectivity index (χ3v) is 2.67. The van der Waals surface area contributed by atoms with Crippen molar-refractivity contribution >= 4 is 0 Å². The molecular formula is C15H19N3O2. The second-order valence-corrected chi connectivity index (χ2v) is 4.66. The average Bonchev–Trinajstić information content (AvgIpc) is 2.47. The van der Waals surface area contributed by atoms with Crippen LogP contribution in [0.3, 0.4) is 0 Å². The number of aromatic nitrogens is 2. The Labute approximate surface area is 119 Å². The van der Waals surface area contributed by atoms with Gasteiger partial charge in [-0.15, -0.1) is 0 Å². The summed E-state index contributed by atoms with van der Waals surface area (Å²) < 4.78 is 10.8. The highest BCUT2D eigenvalue weighted by Gasteiger charge is 2.06. The molecule has 1 N–H and O–H groups in total. The van der Waals surface area contributed by atoms with Crippen LogP contribution in [0.2, 0.25) is 0 Å². The van der Waals surface area contributed by atoms with Gasteiger partial charge in [0.15, 0.2) is 11.5 Å². The second-order valence-electron chi connectivity index (χ2n) is 4.66. The number of benzene rings is 1. The fourth-order valence-corrected chi connectivity index (χ4v) is 1.61. The molecule has 0 amide bonds. The molecule has 2 aromatic rings. The summed E-state index contributed by atoms with van der Waals surface area (Å²) in [6, 6.07) is 8.14. The molecule has 0 saturated heterocycles. The number of nitrogens with zero attached hydrogens (tertiary/aromatic N) is 2. The summed E-state index contributed by atoms with van der Waals surface area (Å²) in [5.74, 6) is 1.25. The van der Waals surface area contributed by atoms with Gasteiger partial charge in [0.2, 0.25) is 0 Å². The monoisotopic (exact) mass is 273 g/mol. The maximum absolute atomic E-state index is 5.61. The molecule has 0 atom stereocenters. The first kappa shape index (κ1) is 14.3. The summed E-state index contributed by atoms with van der Waals surface area (Å²) in [5.41, 5.74) is 1.02. The van der Waals surface area contributed by atoms with E-state index >= 15 is 0 Å². The molecule has 106 valence electrons. The van der Waals surface area contributed by atoms with Crippen molar-refractivity contribution in [2.45, 2.75) is 26.4 Å². The van der Waals surface area contributed by atoms with Crippen LogP contribution in [0.4, 0.5) is 0 Å². The number of rotatable bonds is 6. The fourth-order valence-electron chi connectivity index (χ4n) is 1.61. The van der Waals surface area contributed by atoms with E-state index < -0.39 is 0 Å².